The molecular formula is C13H14FNO. The maximum absolute atomic E-state index is 13.2. The molecule has 0 aromatic heterocycles. The lowest BCUT2D eigenvalue weighted by atomic mass is 10.2. The molecule has 84 valence electrons. The molecule has 0 atom stereocenters. The van der Waals surface area contributed by atoms with Crippen molar-refractivity contribution in [1.82, 2.24) is 4.90 Å². The zero-order chi connectivity index (χ0) is 11.4. The van der Waals surface area contributed by atoms with Gasteiger partial charge in [0.15, 0.2) is 0 Å². The van der Waals surface area contributed by atoms with E-state index in [9.17, 15) is 9.18 Å². The third-order valence-corrected chi connectivity index (χ3v) is 2.73. The van der Waals surface area contributed by atoms with Crippen LogP contribution in [0.3, 0.4) is 0 Å². The summed E-state index contributed by atoms with van der Waals surface area (Å²) in [6, 6.07) is 6.43. The van der Waals surface area contributed by atoms with Crippen molar-refractivity contribution in [2.45, 2.75) is 12.8 Å². The predicted octanol–water partition coefficient (Wildman–Crippen LogP) is 2.46. The van der Waals surface area contributed by atoms with Crippen molar-refractivity contribution in [3.05, 3.63) is 41.7 Å². The minimum absolute atomic E-state index is 0.0271. The van der Waals surface area contributed by atoms with Crippen LogP contribution in [0.15, 0.2) is 30.3 Å². The van der Waals surface area contributed by atoms with Crippen LogP contribution in [0.5, 0.6) is 0 Å². The molecule has 1 aliphatic rings. The van der Waals surface area contributed by atoms with Crippen LogP contribution >= 0.6 is 0 Å². The number of likely N-dealkylation sites (tertiary alicyclic amines) is 1. The normalized spacial score (nSPS) is 15.9. The highest BCUT2D eigenvalue weighted by Crippen LogP contribution is 2.11. The second-order valence-corrected chi connectivity index (χ2v) is 3.89. The molecule has 1 aromatic carbocycles. The molecule has 0 aliphatic carbocycles. The highest BCUT2D eigenvalue weighted by molar-refractivity contribution is 5.91. The summed E-state index contributed by atoms with van der Waals surface area (Å²) >= 11 is 0. The van der Waals surface area contributed by atoms with Crippen LogP contribution in [-0.2, 0) is 4.79 Å². The Labute approximate surface area is 94.4 Å². The molecule has 2 rings (SSSR count). The van der Waals surface area contributed by atoms with E-state index >= 15 is 0 Å². The van der Waals surface area contributed by atoms with Gasteiger partial charge >= 0.3 is 0 Å². The van der Waals surface area contributed by atoms with Crippen LogP contribution in [0.1, 0.15) is 18.4 Å². The molecule has 0 N–H and O–H groups in total. The molecule has 1 saturated heterocycles. The van der Waals surface area contributed by atoms with Crippen molar-refractivity contribution >= 4 is 12.0 Å². The van der Waals surface area contributed by atoms with Crippen molar-refractivity contribution < 1.29 is 9.18 Å². The molecule has 1 fully saturated rings. The molecular weight excluding hydrogens is 205 g/mol. The Morgan fingerprint density at radius 2 is 1.94 bits per heavy atom. The van der Waals surface area contributed by atoms with Gasteiger partial charge in [0.25, 0.3) is 0 Å². The number of hydrogen-bond donors (Lipinski definition) is 0. The molecule has 0 bridgehead atoms. The second kappa shape index (κ2) is 4.92. The minimum Gasteiger partial charge on any atom is -0.339 e. The first-order chi connectivity index (χ1) is 7.77. The van der Waals surface area contributed by atoms with Crippen LogP contribution in [0, 0.1) is 5.82 Å². The van der Waals surface area contributed by atoms with E-state index in [1.807, 2.05) is 0 Å². The van der Waals surface area contributed by atoms with Gasteiger partial charge in [0.05, 0.1) is 0 Å². The van der Waals surface area contributed by atoms with E-state index in [4.69, 9.17) is 0 Å². The van der Waals surface area contributed by atoms with Gasteiger partial charge < -0.3 is 4.90 Å². The molecule has 0 unspecified atom stereocenters. The lowest BCUT2D eigenvalue weighted by Crippen LogP contribution is -2.25. The fraction of sp³-hybridized carbons (Fsp3) is 0.308. The minimum atomic E-state index is -0.298. The van der Waals surface area contributed by atoms with Gasteiger partial charge in [0.2, 0.25) is 5.91 Å². The van der Waals surface area contributed by atoms with Crippen LogP contribution in [0.25, 0.3) is 6.08 Å². The Morgan fingerprint density at radius 3 is 2.62 bits per heavy atom. The molecule has 16 heavy (non-hydrogen) atoms. The van der Waals surface area contributed by atoms with Crippen LogP contribution in [0.2, 0.25) is 0 Å². The van der Waals surface area contributed by atoms with Gasteiger partial charge in [-0.3, -0.25) is 4.79 Å². The number of nitrogens with zero attached hydrogens (tertiary/aromatic N) is 1. The largest absolute Gasteiger partial charge is 0.339 e. The molecule has 2 nitrogen and oxygen atoms in total. The summed E-state index contributed by atoms with van der Waals surface area (Å²) in [5, 5.41) is 0. The van der Waals surface area contributed by atoms with Crippen molar-refractivity contribution in [3.8, 4) is 0 Å². The molecule has 1 aromatic rings. The highest BCUT2D eigenvalue weighted by Gasteiger charge is 2.15. The number of hydrogen-bond acceptors (Lipinski definition) is 1. The number of amides is 1. The Kier molecular flexibility index (Phi) is 3.34. The van der Waals surface area contributed by atoms with Gasteiger partial charge in [0.1, 0.15) is 5.82 Å². The average Bonchev–Trinajstić information content (AvgIpc) is 2.81. The summed E-state index contributed by atoms with van der Waals surface area (Å²) in [7, 11) is 0. The van der Waals surface area contributed by atoms with Gasteiger partial charge in [-0.05, 0) is 25.0 Å². The first-order valence-electron chi connectivity index (χ1n) is 5.49. The quantitative estimate of drug-likeness (QED) is 0.700. The molecule has 0 spiro atoms. The lowest BCUT2D eigenvalue weighted by Gasteiger charge is -2.11. The van der Waals surface area contributed by atoms with Crippen LogP contribution in [-0.4, -0.2) is 23.9 Å². The fourth-order valence-corrected chi connectivity index (χ4v) is 1.81. The van der Waals surface area contributed by atoms with E-state index in [0.29, 0.717) is 5.56 Å². The lowest BCUT2D eigenvalue weighted by molar-refractivity contribution is -0.124. The zero-order valence-corrected chi connectivity index (χ0v) is 9.03. The molecule has 1 heterocycles. The van der Waals surface area contributed by atoms with E-state index in [0.717, 1.165) is 25.9 Å². The van der Waals surface area contributed by atoms with Crippen molar-refractivity contribution in [3.63, 3.8) is 0 Å². The second-order valence-electron chi connectivity index (χ2n) is 3.89. The van der Waals surface area contributed by atoms with Gasteiger partial charge in [-0.2, -0.15) is 0 Å². The Bertz CT molecular complexity index is 408. The number of carbonyl (C=O) groups excluding carboxylic acids is 1. The van der Waals surface area contributed by atoms with Crippen LogP contribution < -0.4 is 0 Å². The zero-order valence-electron chi connectivity index (χ0n) is 9.03. The molecule has 0 saturated carbocycles. The van der Waals surface area contributed by atoms with Crippen molar-refractivity contribution in [1.29, 1.82) is 0 Å². The topological polar surface area (TPSA) is 20.3 Å². The average molecular weight is 219 g/mol. The van der Waals surface area contributed by atoms with Crippen LogP contribution in [0.4, 0.5) is 4.39 Å². The number of carbonyl (C=O) groups is 1. The number of rotatable bonds is 2. The molecule has 0 radical (unpaired) electrons. The first-order valence-corrected chi connectivity index (χ1v) is 5.49. The number of halogens is 1. The Balaban J connectivity index is 2.03. The maximum Gasteiger partial charge on any atom is 0.246 e. The third-order valence-electron chi connectivity index (χ3n) is 2.73. The maximum atomic E-state index is 13.2. The van der Waals surface area contributed by atoms with Gasteiger partial charge in [-0.1, -0.05) is 18.2 Å². The van der Waals surface area contributed by atoms with E-state index in [-0.39, 0.29) is 11.7 Å². The number of benzene rings is 1. The summed E-state index contributed by atoms with van der Waals surface area (Å²) in [6.45, 7) is 1.64. The molecule has 3 heteroatoms. The molecule has 1 aliphatic heterocycles. The Hall–Kier alpha value is -1.64. The standard InChI is InChI=1S/C13H14FNO/c14-12-6-2-1-5-11(12)7-8-13(16)15-9-3-4-10-15/h1-2,5-8H,3-4,9-10H2. The molecule has 1 amide bonds. The smallest absolute Gasteiger partial charge is 0.246 e. The predicted molar refractivity (Wildman–Crippen MR) is 61.2 cm³/mol. The Morgan fingerprint density at radius 1 is 1.25 bits per heavy atom. The van der Waals surface area contributed by atoms with E-state index < -0.39 is 0 Å². The van der Waals surface area contributed by atoms with E-state index in [1.165, 1.54) is 18.2 Å². The van der Waals surface area contributed by atoms with Gasteiger partial charge in [-0.25, -0.2) is 4.39 Å². The monoisotopic (exact) mass is 219 g/mol. The summed E-state index contributed by atoms with van der Waals surface area (Å²) in [5.74, 6) is -0.325. The van der Waals surface area contributed by atoms with Crippen molar-refractivity contribution in [2.24, 2.45) is 0 Å². The first kappa shape index (κ1) is 10.9. The SMILES string of the molecule is O=C(C=Cc1ccccc1F)N1CCCC1. The summed E-state index contributed by atoms with van der Waals surface area (Å²) in [6.07, 6.45) is 5.12. The van der Waals surface area contributed by atoms with E-state index in [2.05, 4.69) is 0 Å². The van der Waals surface area contributed by atoms with E-state index in [1.54, 1.807) is 23.1 Å². The summed E-state index contributed by atoms with van der Waals surface area (Å²) < 4.78 is 13.2. The third kappa shape index (κ3) is 2.48. The van der Waals surface area contributed by atoms with Gasteiger partial charge in [-0.15, -0.1) is 0 Å². The summed E-state index contributed by atoms with van der Waals surface area (Å²) in [4.78, 5) is 13.4. The van der Waals surface area contributed by atoms with Gasteiger partial charge in [0, 0.05) is 24.7 Å². The summed E-state index contributed by atoms with van der Waals surface area (Å²) in [5.41, 5.74) is 0.454. The fourth-order valence-electron chi connectivity index (χ4n) is 1.81. The van der Waals surface area contributed by atoms with Crippen molar-refractivity contribution in [2.75, 3.05) is 13.1 Å². The highest BCUT2D eigenvalue weighted by atomic mass is 19.1.